The van der Waals surface area contributed by atoms with Crippen LogP contribution in [0.4, 0.5) is 0 Å². The number of nitrogens with zero attached hydrogens (tertiary/aromatic N) is 2. The van der Waals surface area contributed by atoms with Crippen LogP contribution in [0.25, 0.3) is 0 Å². The molecule has 0 aliphatic carbocycles. The Labute approximate surface area is 67.7 Å². The van der Waals surface area contributed by atoms with Gasteiger partial charge in [0, 0.05) is 12.7 Å². The van der Waals surface area contributed by atoms with E-state index in [1.807, 2.05) is 19.2 Å². The van der Waals surface area contributed by atoms with E-state index in [0.29, 0.717) is 6.54 Å². The van der Waals surface area contributed by atoms with E-state index in [9.17, 15) is 0 Å². The highest BCUT2D eigenvalue weighted by atomic mass is 15.1. The van der Waals surface area contributed by atoms with Crippen molar-refractivity contribution in [2.24, 2.45) is 0 Å². The fourth-order valence-electron chi connectivity index (χ4n) is 0.669. The van der Waals surface area contributed by atoms with Crippen molar-refractivity contribution in [2.45, 2.75) is 0 Å². The lowest BCUT2D eigenvalue weighted by Gasteiger charge is -2.15. The first kappa shape index (κ1) is 9.51. The molecule has 0 saturated carbocycles. The first-order valence-corrected chi connectivity index (χ1v) is 3.29. The zero-order valence-electron chi connectivity index (χ0n) is 6.75. The van der Waals surface area contributed by atoms with Gasteiger partial charge in [0.1, 0.15) is 6.54 Å². The van der Waals surface area contributed by atoms with Crippen LogP contribution < -0.4 is 0 Å². The van der Waals surface area contributed by atoms with Gasteiger partial charge in [-0.15, -0.1) is 0 Å². The molecule has 0 aromatic rings. The highest BCUT2D eigenvalue weighted by molar-refractivity contribution is 5.20. The number of nitriles is 1. The molecule has 0 aromatic carbocycles. The van der Waals surface area contributed by atoms with Crippen molar-refractivity contribution in [2.75, 3.05) is 13.6 Å². The van der Waals surface area contributed by atoms with Crippen molar-refractivity contribution >= 4 is 0 Å². The standard InChI is InChI=1S/C9H12N2/c1-4-6-9(5-2)11(3)8-7-10/h4-6H,1-2,8H2,3H3/b9-6+. The zero-order chi connectivity index (χ0) is 8.69. The lowest BCUT2D eigenvalue weighted by Crippen LogP contribution is -2.16. The molecule has 0 saturated heterocycles. The maximum Gasteiger partial charge on any atom is 0.105 e. The molecule has 0 atom stereocenters. The molecule has 0 aromatic heterocycles. The number of hydrogen-bond donors (Lipinski definition) is 0. The van der Waals surface area contributed by atoms with Crippen LogP contribution in [0, 0.1) is 11.3 Å². The summed E-state index contributed by atoms with van der Waals surface area (Å²) in [5.41, 5.74) is 0.904. The predicted octanol–water partition coefficient (Wildman–Crippen LogP) is 1.70. The second kappa shape index (κ2) is 5.31. The minimum absolute atomic E-state index is 0.367. The molecule has 0 N–H and O–H groups in total. The van der Waals surface area contributed by atoms with E-state index >= 15 is 0 Å². The topological polar surface area (TPSA) is 27.0 Å². The molecule has 0 heterocycles. The monoisotopic (exact) mass is 148 g/mol. The quantitative estimate of drug-likeness (QED) is 0.448. The maximum absolute atomic E-state index is 8.37. The molecule has 0 rings (SSSR count). The molecule has 2 heteroatoms. The number of hydrogen-bond acceptors (Lipinski definition) is 2. The molecule has 0 radical (unpaired) electrons. The normalized spacial score (nSPS) is 10.0. The Morgan fingerprint density at radius 3 is 2.64 bits per heavy atom. The van der Waals surface area contributed by atoms with Gasteiger partial charge >= 0.3 is 0 Å². The van der Waals surface area contributed by atoms with Gasteiger partial charge < -0.3 is 4.90 Å². The highest BCUT2D eigenvalue weighted by Gasteiger charge is 1.96. The summed E-state index contributed by atoms with van der Waals surface area (Å²) in [5, 5.41) is 8.37. The van der Waals surface area contributed by atoms with Crippen molar-refractivity contribution in [3.63, 3.8) is 0 Å². The zero-order valence-corrected chi connectivity index (χ0v) is 6.75. The van der Waals surface area contributed by atoms with Crippen LogP contribution in [0.5, 0.6) is 0 Å². The fraction of sp³-hybridized carbons (Fsp3) is 0.222. The van der Waals surface area contributed by atoms with Gasteiger partial charge in [0.05, 0.1) is 6.07 Å². The Hall–Kier alpha value is -1.49. The second-order valence-corrected chi connectivity index (χ2v) is 2.05. The van der Waals surface area contributed by atoms with E-state index in [4.69, 9.17) is 5.26 Å². The molecule has 0 aliphatic rings. The molecular weight excluding hydrogens is 136 g/mol. The van der Waals surface area contributed by atoms with E-state index in [1.165, 1.54) is 0 Å². The second-order valence-electron chi connectivity index (χ2n) is 2.05. The van der Waals surface area contributed by atoms with Crippen LogP contribution in [-0.2, 0) is 0 Å². The van der Waals surface area contributed by atoms with Crippen LogP contribution >= 0.6 is 0 Å². The average molecular weight is 148 g/mol. The van der Waals surface area contributed by atoms with Crippen LogP contribution in [0.1, 0.15) is 0 Å². The summed E-state index contributed by atoms with van der Waals surface area (Å²) in [4.78, 5) is 1.80. The van der Waals surface area contributed by atoms with Crippen molar-refractivity contribution in [3.05, 3.63) is 37.1 Å². The molecule has 0 fully saturated rings. The molecule has 0 aliphatic heterocycles. The van der Waals surface area contributed by atoms with Gasteiger partial charge in [0.15, 0.2) is 0 Å². The molecular formula is C9H12N2. The molecule has 11 heavy (non-hydrogen) atoms. The summed E-state index contributed by atoms with van der Waals surface area (Å²) >= 11 is 0. The van der Waals surface area contributed by atoms with Gasteiger partial charge in [0.2, 0.25) is 0 Å². The van der Waals surface area contributed by atoms with Crippen molar-refractivity contribution in [1.29, 1.82) is 5.26 Å². The SMILES string of the molecule is C=C/C=C(\C=C)N(C)CC#N. The first-order valence-electron chi connectivity index (χ1n) is 3.29. The summed E-state index contributed by atoms with van der Waals surface area (Å²) in [5.74, 6) is 0. The third-order valence-electron chi connectivity index (χ3n) is 1.25. The molecule has 2 nitrogen and oxygen atoms in total. The van der Waals surface area contributed by atoms with Crippen molar-refractivity contribution in [1.82, 2.24) is 4.90 Å². The Bertz CT molecular complexity index is 208. The minimum atomic E-state index is 0.367. The third kappa shape index (κ3) is 3.27. The van der Waals surface area contributed by atoms with Crippen LogP contribution in [0.2, 0.25) is 0 Å². The van der Waals surface area contributed by atoms with Gasteiger partial charge in [-0.25, -0.2) is 0 Å². The highest BCUT2D eigenvalue weighted by Crippen LogP contribution is 2.00. The molecule has 0 amide bonds. The van der Waals surface area contributed by atoms with E-state index < -0.39 is 0 Å². The predicted molar refractivity (Wildman–Crippen MR) is 46.7 cm³/mol. The summed E-state index contributed by atoms with van der Waals surface area (Å²) in [6, 6.07) is 2.04. The van der Waals surface area contributed by atoms with E-state index in [2.05, 4.69) is 13.2 Å². The van der Waals surface area contributed by atoms with E-state index in [1.54, 1.807) is 17.1 Å². The van der Waals surface area contributed by atoms with Crippen LogP contribution in [0.15, 0.2) is 37.1 Å². The van der Waals surface area contributed by atoms with Gasteiger partial charge in [-0.2, -0.15) is 5.26 Å². The summed E-state index contributed by atoms with van der Waals surface area (Å²) in [6.07, 6.45) is 5.17. The Morgan fingerprint density at radius 1 is 1.64 bits per heavy atom. The Kier molecular flexibility index (Phi) is 4.59. The summed E-state index contributed by atoms with van der Waals surface area (Å²) in [6.45, 7) is 7.54. The molecule has 0 spiro atoms. The Morgan fingerprint density at radius 2 is 2.27 bits per heavy atom. The first-order chi connectivity index (χ1) is 5.26. The van der Waals surface area contributed by atoms with Crippen molar-refractivity contribution in [3.8, 4) is 6.07 Å². The van der Waals surface area contributed by atoms with Gasteiger partial charge in [-0.1, -0.05) is 19.2 Å². The number of rotatable bonds is 4. The number of likely N-dealkylation sites (N-methyl/N-ethyl adjacent to an activating group) is 1. The summed E-state index contributed by atoms with van der Waals surface area (Å²) < 4.78 is 0. The van der Waals surface area contributed by atoms with E-state index in [0.717, 1.165) is 5.70 Å². The van der Waals surface area contributed by atoms with Gasteiger partial charge in [-0.3, -0.25) is 0 Å². The van der Waals surface area contributed by atoms with Gasteiger partial charge in [-0.05, 0) is 12.2 Å². The molecule has 0 bridgehead atoms. The average Bonchev–Trinajstić information content (AvgIpc) is 2.00. The third-order valence-corrected chi connectivity index (χ3v) is 1.25. The van der Waals surface area contributed by atoms with Crippen molar-refractivity contribution < 1.29 is 0 Å². The maximum atomic E-state index is 8.37. The minimum Gasteiger partial charge on any atom is -0.361 e. The fourth-order valence-corrected chi connectivity index (χ4v) is 0.669. The van der Waals surface area contributed by atoms with Crippen LogP contribution in [0.3, 0.4) is 0 Å². The lowest BCUT2D eigenvalue weighted by atomic mass is 10.3. The smallest absolute Gasteiger partial charge is 0.105 e. The molecule has 0 unspecified atom stereocenters. The summed E-state index contributed by atoms with van der Waals surface area (Å²) in [7, 11) is 1.83. The Balaban J connectivity index is 4.27. The van der Waals surface area contributed by atoms with Crippen LogP contribution in [-0.4, -0.2) is 18.5 Å². The number of allylic oxidation sites excluding steroid dienone is 3. The molecule has 58 valence electrons. The lowest BCUT2D eigenvalue weighted by molar-refractivity contribution is 0.485. The van der Waals surface area contributed by atoms with E-state index in [-0.39, 0.29) is 0 Å². The van der Waals surface area contributed by atoms with Gasteiger partial charge in [0.25, 0.3) is 0 Å². The largest absolute Gasteiger partial charge is 0.361 e.